The number of thioether (sulfide) groups is 1. The van der Waals surface area contributed by atoms with E-state index in [-0.39, 0.29) is 0 Å². The monoisotopic (exact) mass is 246 g/mol. The molecular formula is C10H18N2OS2. The van der Waals surface area contributed by atoms with Gasteiger partial charge in [-0.1, -0.05) is 0 Å². The largest absolute Gasteiger partial charge is 0.396 e. The lowest BCUT2D eigenvalue weighted by atomic mass is 10.5. The quantitative estimate of drug-likeness (QED) is 0.685. The summed E-state index contributed by atoms with van der Waals surface area (Å²) in [6.45, 7) is 4.20. The minimum atomic E-state index is 0.304. The molecule has 0 spiro atoms. The van der Waals surface area contributed by atoms with Crippen LogP contribution in [0.1, 0.15) is 17.1 Å². The molecule has 0 aliphatic rings. The number of nitrogens with zero attached hydrogens (tertiary/aromatic N) is 1. The van der Waals surface area contributed by atoms with E-state index >= 15 is 0 Å². The molecule has 3 nitrogen and oxygen atoms in total. The fourth-order valence-electron chi connectivity index (χ4n) is 1.12. The minimum Gasteiger partial charge on any atom is -0.396 e. The maximum absolute atomic E-state index is 8.58. The first-order valence-corrected chi connectivity index (χ1v) is 7.16. The number of aryl methyl sites for hydroxylation is 1. The van der Waals surface area contributed by atoms with Crippen LogP contribution in [-0.2, 0) is 6.54 Å². The Hall–Kier alpha value is -0.100. The molecule has 0 bridgehead atoms. The number of aliphatic hydroxyl groups excluding tert-OH is 1. The molecule has 0 saturated heterocycles. The zero-order valence-corrected chi connectivity index (χ0v) is 10.7. The van der Waals surface area contributed by atoms with E-state index in [1.54, 1.807) is 11.3 Å². The molecule has 1 heterocycles. The van der Waals surface area contributed by atoms with Crippen LogP contribution < -0.4 is 5.32 Å². The molecule has 0 fully saturated rings. The van der Waals surface area contributed by atoms with Gasteiger partial charge in [-0.05, 0) is 19.1 Å². The van der Waals surface area contributed by atoms with Crippen LogP contribution in [0.5, 0.6) is 0 Å². The highest BCUT2D eigenvalue weighted by Gasteiger charge is 1.96. The molecule has 0 aliphatic heterocycles. The zero-order valence-electron chi connectivity index (χ0n) is 9.03. The molecule has 0 atom stereocenters. The van der Waals surface area contributed by atoms with E-state index in [0.717, 1.165) is 41.7 Å². The van der Waals surface area contributed by atoms with Crippen molar-refractivity contribution in [1.82, 2.24) is 10.3 Å². The van der Waals surface area contributed by atoms with Gasteiger partial charge in [0.2, 0.25) is 0 Å². The van der Waals surface area contributed by atoms with Crippen LogP contribution in [0.15, 0.2) is 5.38 Å². The number of aromatic nitrogens is 1. The van der Waals surface area contributed by atoms with Crippen LogP contribution in [-0.4, -0.2) is 34.7 Å². The lowest BCUT2D eigenvalue weighted by Gasteiger charge is -2.02. The van der Waals surface area contributed by atoms with E-state index in [1.807, 2.05) is 18.7 Å². The summed E-state index contributed by atoms with van der Waals surface area (Å²) >= 11 is 3.57. The third-order valence-corrected chi connectivity index (χ3v) is 3.74. The third-order valence-electron chi connectivity index (χ3n) is 1.84. The fraction of sp³-hybridized carbons (Fsp3) is 0.700. The molecule has 86 valence electrons. The van der Waals surface area contributed by atoms with Crippen LogP contribution in [0.25, 0.3) is 0 Å². The first-order chi connectivity index (χ1) is 7.33. The molecule has 15 heavy (non-hydrogen) atoms. The SMILES string of the molecule is Cc1nc(CNCCSCCCO)cs1. The van der Waals surface area contributed by atoms with Crippen LogP contribution in [0.2, 0.25) is 0 Å². The Morgan fingerprint density at radius 2 is 2.40 bits per heavy atom. The Morgan fingerprint density at radius 3 is 3.07 bits per heavy atom. The van der Waals surface area contributed by atoms with Gasteiger partial charge in [0.25, 0.3) is 0 Å². The number of thiazole rings is 1. The molecule has 2 N–H and O–H groups in total. The first kappa shape index (κ1) is 13.0. The van der Waals surface area contributed by atoms with Gasteiger partial charge < -0.3 is 10.4 Å². The summed E-state index contributed by atoms with van der Waals surface area (Å²) in [5.74, 6) is 2.15. The number of hydrogen-bond acceptors (Lipinski definition) is 5. The zero-order chi connectivity index (χ0) is 10.9. The second-order valence-corrected chi connectivity index (χ2v) is 5.51. The van der Waals surface area contributed by atoms with Crippen molar-refractivity contribution in [2.45, 2.75) is 19.9 Å². The molecule has 0 unspecified atom stereocenters. The Kier molecular flexibility index (Phi) is 7.00. The molecule has 0 aromatic carbocycles. The molecule has 5 heteroatoms. The lowest BCUT2D eigenvalue weighted by molar-refractivity contribution is 0.296. The predicted octanol–water partition coefficient (Wildman–Crippen LogP) is 1.66. The molecule has 1 rings (SSSR count). The molecule has 0 aliphatic carbocycles. The second kappa shape index (κ2) is 8.10. The van der Waals surface area contributed by atoms with E-state index in [0.29, 0.717) is 6.61 Å². The fourth-order valence-corrected chi connectivity index (χ4v) is 2.56. The van der Waals surface area contributed by atoms with Crippen molar-refractivity contribution in [3.05, 3.63) is 16.1 Å². The third kappa shape index (κ3) is 6.14. The first-order valence-electron chi connectivity index (χ1n) is 5.13. The van der Waals surface area contributed by atoms with E-state index in [1.165, 1.54) is 0 Å². The average Bonchev–Trinajstić information content (AvgIpc) is 2.63. The normalized spacial score (nSPS) is 10.8. The Balaban J connectivity index is 1.93. The summed E-state index contributed by atoms with van der Waals surface area (Å²) in [5, 5.41) is 15.2. The van der Waals surface area contributed by atoms with Crippen LogP contribution in [0.3, 0.4) is 0 Å². The second-order valence-electron chi connectivity index (χ2n) is 3.22. The number of hydrogen-bond donors (Lipinski definition) is 2. The summed E-state index contributed by atoms with van der Waals surface area (Å²) in [6, 6.07) is 0. The van der Waals surface area contributed by atoms with Crippen molar-refractivity contribution >= 4 is 23.1 Å². The van der Waals surface area contributed by atoms with Gasteiger partial charge in [0.15, 0.2) is 0 Å². The van der Waals surface area contributed by atoms with Crippen molar-refractivity contribution in [3.8, 4) is 0 Å². The predicted molar refractivity (Wildman–Crippen MR) is 67.6 cm³/mol. The van der Waals surface area contributed by atoms with Gasteiger partial charge in [0.1, 0.15) is 0 Å². The van der Waals surface area contributed by atoms with E-state index in [4.69, 9.17) is 5.11 Å². The molecule has 1 aromatic rings. The maximum Gasteiger partial charge on any atom is 0.0897 e. The highest BCUT2D eigenvalue weighted by atomic mass is 32.2. The maximum atomic E-state index is 8.58. The number of aliphatic hydroxyl groups is 1. The highest BCUT2D eigenvalue weighted by Crippen LogP contribution is 2.07. The van der Waals surface area contributed by atoms with Gasteiger partial charge in [-0.25, -0.2) is 4.98 Å². The van der Waals surface area contributed by atoms with Crippen LogP contribution >= 0.6 is 23.1 Å². The van der Waals surface area contributed by atoms with Crippen molar-refractivity contribution in [2.75, 3.05) is 24.7 Å². The molecule has 0 amide bonds. The van der Waals surface area contributed by atoms with E-state index < -0.39 is 0 Å². The summed E-state index contributed by atoms with van der Waals surface area (Å²) < 4.78 is 0. The van der Waals surface area contributed by atoms with Crippen LogP contribution in [0.4, 0.5) is 0 Å². The smallest absolute Gasteiger partial charge is 0.0897 e. The van der Waals surface area contributed by atoms with Crippen molar-refractivity contribution in [3.63, 3.8) is 0 Å². The van der Waals surface area contributed by atoms with E-state index in [9.17, 15) is 0 Å². The van der Waals surface area contributed by atoms with Gasteiger partial charge in [0.05, 0.1) is 10.7 Å². The van der Waals surface area contributed by atoms with Crippen LogP contribution in [0, 0.1) is 6.92 Å². The van der Waals surface area contributed by atoms with E-state index in [2.05, 4.69) is 15.7 Å². The van der Waals surface area contributed by atoms with Gasteiger partial charge >= 0.3 is 0 Å². The number of nitrogens with one attached hydrogen (secondary N) is 1. The molecular weight excluding hydrogens is 228 g/mol. The Morgan fingerprint density at radius 1 is 1.53 bits per heavy atom. The number of rotatable bonds is 8. The van der Waals surface area contributed by atoms with Crippen molar-refractivity contribution < 1.29 is 5.11 Å². The summed E-state index contributed by atoms with van der Waals surface area (Å²) in [7, 11) is 0. The summed E-state index contributed by atoms with van der Waals surface area (Å²) in [6.07, 6.45) is 0.899. The topological polar surface area (TPSA) is 45.2 Å². The van der Waals surface area contributed by atoms with Gasteiger partial charge in [-0.3, -0.25) is 0 Å². The lowest BCUT2D eigenvalue weighted by Crippen LogP contribution is -2.16. The standard InChI is InChI=1S/C10H18N2OS2/c1-9-12-10(8-15-9)7-11-3-6-14-5-2-4-13/h8,11,13H,2-7H2,1H3. The average molecular weight is 246 g/mol. The van der Waals surface area contributed by atoms with Gasteiger partial charge in [-0.2, -0.15) is 11.8 Å². The molecule has 0 saturated carbocycles. The molecule has 0 radical (unpaired) electrons. The summed E-state index contributed by atoms with van der Waals surface area (Å²) in [5.41, 5.74) is 1.14. The Bertz CT molecular complexity index is 266. The van der Waals surface area contributed by atoms with Crippen molar-refractivity contribution in [2.24, 2.45) is 0 Å². The van der Waals surface area contributed by atoms with Gasteiger partial charge in [0, 0.05) is 30.8 Å². The summed E-state index contributed by atoms with van der Waals surface area (Å²) in [4.78, 5) is 4.37. The van der Waals surface area contributed by atoms with Gasteiger partial charge in [-0.15, -0.1) is 11.3 Å². The molecule has 1 aromatic heterocycles. The minimum absolute atomic E-state index is 0.304. The highest BCUT2D eigenvalue weighted by molar-refractivity contribution is 7.99. The Labute approximate surface area is 99.3 Å². The van der Waals surface area contributed by atoms with Crippen molar-refractivity contribution in [1.29, 1.82) is 0 Å².